The predicted molar refractivity (Wildman–Crippen MR) is 491 cm³/mol. The van der Waals surface area contributed by atoms with Crippen LogP contribution in [-0.4, -0.2) is 347 Å². The maximum atomic E-state index is 14.7. The molecule has 2 bridgehead atoms. The first-order chi connectivity index (χ1) is 63.3. The maximum Gasteiger partial charge on any atom is 0.407 e. The van der Waals surface area contributed by atoms with Crippen LogP contribution >= 0.6 is 55.9 Å². The summed E-state index contributed by atoms with van der Waals surface area (Å²) >= 11 is 3.49. The number of amides is 8. The van der Waals surface area contributed by atoms with Gasteiger partial charge in [-0.3, -0.25) is 38.4 Å². The molecule has 46 heteroatoms. The average Bonchev–Trinajstić information content (AvgIpc) is 0.745. The number of fused-ring (bicyclic) bond motifs is 2. The van der Waals surface area contributed by atoms with Gasteiger partial charge in [-0.25, -0.2) is 9.59 Å². The number of nitrogens with zero attached hydrogens (tertiary/aromatic N) is 1. The summed E-state index contributed by atoms with van der Waals surface area (Å²) in [5.74, 6) is 6.75. The van der Waals surface area contributed by atoms with E-state index in [1.165, 1.54) is 117 Å². The Kier molecular flexibility index (Phi) is 44.9. The standard InChI is InChI=1S/C87H127IN10O32S3/c1-15-98(63(104)41-92-84(111)123-42-51-21-23-52(24-22-51)94-81(110)55(36-61(90)102)95-80(109)47(4)93-79(108)46(3)89)56-43-122-64(38-60(56)114-10)128-76-71(106)68(97-130-65-37-57(100)78(50(7)124-65)131-44-53-45(2)67(88)74(77(117-13)73(53)115-11)129-82-72(107)75(116-12)70(105)49(6)126-82)48(5)125-83(76)127-59-20-18-16-17-19-26-87(113)39-58(101)69(96-85(112)118-14)66(59)54(87)25-35-132-133-86(8,9)40-62(103)91-27-29-119-31-33-121-34-32-120-30-28-99/h16-17,21-25,46-50,55-57,59-60,64-66,68-72,75-76,78,82-83,97,99-100,105-107,113H,15,27-44,89H2,1-14H3,(H2,90,102)(H,91,103)(H,92,111)(H,93,108)(H,94,110)(H,95,109)(H,96,112)/b17-16-,54-25+/t46-,47-,48?,49?,50?,55-,56?,57?,59-,60?,64?,65?,66?,68?,69?,70?,71?,72?,75?,76?,78?,82?,83?,87-/m0/s1. The van der Waals surface area contributed by atoms with Crippen LogP contribution in [0.1, 0.15) is 104 Å². The molecule has 2 aromatic rings. The number of hydrogen-bond donors (Lipinski definition) is 15. The number of hydroxylamine groups is 1. The number of carbonyl (C=O) groups is 9. The fourth-order valence-electron chi connectivity index (χ4n) is 15.3. The van der Waals surface area contributed by atoms with Gasteiger partial charge in [-0.15, -0.1) is 11.8 Å². The van der Waals surface area contributed by atoms with Crippen molar-refractivity contribution in [3.05, 3.63) is 68.3 Å². The molecule has 8 amide bonds. The Morgan fingerprint density at radius 1 is 0.782 bits per heavy atom. The highest BCUT2D eigenvalue weighted by molar-refractivity contribution is 14.1. The molecule has 24 atom stereocenters. The van der Waals surface area contributed by atoms with E-state index in [0.717, 1.165) is 12.7 Å². The molecule has 133 heavy (non-hydrogen) atoms. The first-order valence-electron chi connectivity index (χ1n) is 43.3. The molecule has 17 N–H and O–H groups in total. The van der Waals surface area contributed by atoms with Crippen LogP contribution in [0.2, 0.25) is 0 Å². The number of halogens is 1. The Morgan fingerprint density at radius 3 is 2.11 bits per heavy atom. The number of carbonyl (C=O) groups excluding carboxylic acids is 9. The van der Waals surface area contributed by atoms with Gasteiger partial charge in [0.25, 0.3) is 0 Å². The quantitative estimate of drug-likeness (QED) is 0.0108. The van der Waals surface area contributed by atoms with Crippen molar-refractivity contribution >= 4 is 115 Å². The van der Waals surface area contributed by atoms with Crippen molar-refractivity contribution in [2.45, 2.75) is 251 Å². The fraction of sp³-hybridized carbons (Fsp3) is 0.667. The number of primary amides is 1. The minimum atomic E-state index is -2.21. The third-order valence-corrected chi connectivity index (χ3v) is 28.3. The van der Waals surface area contributed by atoms with Crippen molar-refractivity contribution in [2.24, 2.45) is 17.4 Å². The van der Waals surface area contributed by atoms with Crippen molar-refractivity contribution < 1.29 is 154 Å². The van der Waals surface area contributed by atoms with E-state index in [1.54, 1.807) is 33.8 Å². The highest BCUT2D eigenvalue weighted by Crippen LogP contribution is 2.50. The number of anilines is 1. The summed E-state index contributed by atoms with van der Waals surface area (Å²) in [4.78, 5) is 127. The number of alkyl carbamates (subject to hydrolysis) is 2. The Hall–Kier alpha value is -7.55. The summed E-state index contributed by atoms with van der Waals surface area (Å²) in [6.45, 7) is 16.0. The van der Waals surface area contributed by atoms with Crippen LogP contribution in [0.25, 0.3) is 0 Å². The van der Waals surface area contributed by atoms with Gasteiger partial charge in [0.2, 0.25) is 47.5 Å². The lowest BCUT2D eigenvalue weighted by atomic mass is 9.68. The second-order valence-corrected chi connectivity index (χ2v) is 37.9. The highest BCUT2D eigenvalue weighted by Gasteiger charge is 2.56. The smallest absolute Gasteiger partial charge is 0.407 e. The van der Waals surface area contributed by atoms with E-state index in [2.05, 4.69) is 83.7 Å². The minimum Gasteiger partial charge on any atom is -0.492 e. The minimum absolute atomic E-state index is 0.0825. The van der Waals surface area contributed by atoms with Gasteiger partial charge in [0.15, 0.2) is 41.8 Å². The molecule has 0 spiro atoms. The number of ether oxygens (including phenoxy) is 16. The van der Waals surface area contributed by atoms with Crippen molar-refractivity contribution in [1.82, 2.24) is 37.0 Å². The van der Waals surface area contributed by atoms with Crippen molar-refractivity contribution in [2.75, 3.05) is 119 Å². The molecule has 0 radical (unpaired) electrons. The number of benzene rings is 2. The molecule has 6 aliphatic rings. The summed E-state index contributed by atoms with van der Waals surface area (Å²) in [6.07, 6.45) is -17.2. The zero-order valence-electron chi connectivity index (χ0n) is 76.8. The van der Waals surface area contributed by atoms with Crippen molar-refractivity contribution in [3.8, 4) is 40.9 Å². The Morgan fingerprint density at radius 2 is 1.47 bits per heavy atom. The van der Waals surface area contributed by atoms with Gasteiger partial charge >= 0.3 is 12.2 Å². The second-order valence-electron chi connectivity index (χ2n) is 32.6. The molecular weight excluding hydrogens is 1920 g/mol. The Labute approximate surface area is 798 Å². The van der Waals surface area contributed by atoms with E-state index < -0.39 is 217 Å². The van der Waals surface area contributed by atoms with Gasteiger partial charge < -0.3 is 155 Å². The predicted octanol–water partition coefficient (Wildman–Crippen LogP) is 0.652. The van der Waals surface area contributed by atoms with E-state index in [4.69, 9.17) is 97.2 Å². The number of likely N-dealkylation sites (N-methyl/N-ethyl adjacent to an activating group) is 1. The van der Waals surface area contributed by atoms with Crippen LogP contribution < -0.4 is 63.1 Å². The molecule has 8 rings (SSSR count). The lowest BCUT2D eigenvalue weighted by molar-refractivity contribution is -0.340. The first-order valence-corrected chi connectivity index (χ1v) is 47.7. The third-order valence-electron chi connectivity index (χ3n) is 22.3. The molecule has 19 unspecified atom stereocenters. The van der Waals surface area contributed by atoms with E-state index in [9.17, 15) is 68.7 Å². The van der Waals surface area contributed by atoms with E-state index in [1.807, 2.05) is 20.8 Å². The van der Waals surface area contributed by atoms with Gasteiger partial charge in [0.1, 0.15) is 67.9 Å². The molecule has 2 aromatic carbocycles. The molecule has 2 aliphatic carbocycles. The van der Waals surface area contributed by atoms with Crippen LogP contribution in [0.4, 0.5) is 15.3 Å². The lowest BCUT2D eigenvalue weighted by Gasteiger charge is -2.48. The number of methoxy groups -OCH3 is 5. The summed E-state index contributed by atoms with van der Waals surface area (Å²) < 4.78 is 95.7. The average molecular weight is 2050 g/mol. The Bertz CT molecular complexity index is 4400. The summed E-state index contributed by atoms with van der Waals surface area (Å²) in [6, 6.07) is -1.06. The zero-order chi connectivity index (χ0) is 97.6. The number of ketones is 1. The Balaban J connectivity index is 0.989. The normalized spacial score (nSPS) is 28.6. The van der Waals surface area contributed by atoms with Gasteiger partial charge in [-0.2, -0.15) is 5.48 Å². The summed E-state index contributed by atoms with van der Waals surface area (Å²) in [5, 5.41) is 83.5. The molecule has 742 valence electrons. The highest BCUT2D eigenvalue weighted by atomic mass is 127. The van der Waals surface area contributed by atoms with Crippen LogP contribution in [0, 0.1) is 40.1 Å². The lowest BCUT2D eigenvalue weighted by Crippen LogP contribution is -2.66. The number of rotatable bonds is 48. The molecular formula is C87H127IN10O32S3. The number of aliphatic hydroxyl groups excluding tert-OH is 5. The van der Waals surface area contributed by atoms with Crippen LogP contribution in [0.15, 0.2) is 48.1 Å². The summed E-state index contributed by atoms with van der Waals surface area (Å²) in [5.41, 5.74) is 13.9. The van der Waals surface area contributed by atoms with E-state index in [0.29, 0.717) is 46.9 Å². The number of nitrogens with two attached hydrogens (primary N) is 2. The largest absolute Gasteiger partial charge is 0.492 e. The van der Waals surface area contributed by atoms with Gasteiger partial charge in [0, 0.05) is 80.0 Å². The second kappa shape index (κ2) is 54.0. The molecule has 5 fully saturated rings. The number of Topliss-reactive ketones (excluding diaryl/α,β-unsaturated/α-hetero) is 1. The zero-order valence-corrected chi connectivity index (χ0v) is 81.4. The van der Waals surface area contributed by atoms with E-state index >= 15 is 0 Å². The molecule has 1 saturated carbocycles. The van der Waals surface area contributed by atoms with Crippen LogP contribution in [0.5, 0.6) is 17.2 Å². The van der Waals surface area contributed by atoms with Gasteiger partial charge in [-0.05, 0) is 126 Å². The number of aliphatic hydroxyl groups is 6. The van der Waals surface area contributed by atoms with Gasteiger partial charge in [-0.1, -0.05) is 63.5 Å². The number of nitrogens with one attached hydrogen (secondary N) is 7. The molecule has 4 saturated heterocycles. The molecule has 42 nitrogen and oxygen atoms in total. The van der Waals surface area contributed by atoms with Crippen molar-refractivity contribution in [1.29, 1.82) is 0 Å². The van der Waals surface area contributed by atoms with Crippen LogP contribution in [0.3, 0.4) is 0 Å². The third kappa shape index (κ3) is 31.7. The fourth-order valence-corrected chi connectivity index (χ4v) is 19.8. The first kappa shape index (κ1) is 111. The molecule has 4 aliphatic heterocycles. The molecule has 4 heterocycles. The van der Waals surface area contributed by atoms with Crippen molar-refractivity contribution in [3.63, 3.8) is 0 Å². The monoisotopic (exact) mass is 2050 g/mol. The maximum absolute atomic E-state index is 14.7. The van der Waals surface area contributed by atoms with E-state index in [-0.39, 0.29) is 106 Å². The number of hydrogen-bond acceptors (Lipinski definition) is 37. The van der Waals surface area contributed by atoms with Crippen LogP contribution in [-0.2, 0) is 112 Å². The van der Waals surface area contributed by atoms with Gasteiger partial charge in [0.05, 0.1) is 144 Å². The number of allylic oxidation sites excluding steroid dienone is 2. The molecule has 0 aromatic heterocycles. The SMILES string of the molecule is CCN(C(=O)CNC(=O)OCc1ccc(NC(=O)[C@H](CC(N)=O)NC(=O)[C@H](C)NC(=O)[C@H](C)N)cc1)C1COC(OC2C(O[C@H]3C#C/C=C\C#C[C@]4(O)CC(=O)C(NC(=O)OC)C3/C4=C\CSSC(C)(C)CC(=O)NCCOCCOCCOCCO)OC(C)C(NOC3CC(O)C(SCc4c(C)c(I)c(OC5OC(C)C(O)C(OC)C5O)c(OC)c4OC)C(C)O3)C2O)CC1OC. The number of thioether (sulfide) groups is 1. The summed E-state index contributed by atoms with van der Waals surface area (Å²) in [7, 11) is 9.49. The topological polar surface area (TPSA) is 571 Å².